The number of carbonyl (C=O) groups excluding carboxylic acids is 1. The molecule has 1 fully saturated rings. The minimum absolute atomic E-state index is 0.100. The summed E-state index contributed by atoms with van der Waals surface area (Å²) in [6.45, 7) is 5.62. The van der Waals surface area contributed by atoms with E-state index in [1.165, 1.54) is 0 Å². The van der Waals surface area contributed by atoms with E-state index in [-0.39, 0.29) is 11.9 Å². The van der Waals surface area contributed by atoms with Crippen LogP contribution in [-0.4, -0.2) is 29.9 Å². The Hall–Kier alpha value is -1.09. The second-order valence-corrected chi connectivity index (χ2v) is 4.43. The average Bonchev–Trinajstić information content (AvgIpc) is 2.29. The third kappa shape index (κ3) is 3.81. The highest BCUT2D eigenvalue weighted by Crippen LogP contribution is 2.18. The van der Waals surface area contributed by atoms with Crippen LogP contribution in [0, 0.1) is 5.92 Å². The molecule has 0 aromatic rings. The molecule has 0 saturated carbocycles. The quantitative estimate of drug-likeness (QED) is 0.583. The Morgan fingerprint density at radius 2 is 2.25 bits per heavy atom. The number of nitrogens with two attached hydrogens (primary N) is 1. The number of allylic oxidation sites excluding steroid dienone is 3. The minimum Gasteiger partial charge on any atom is -0.339 e. The predicted octanol–water partition coefficient (Wildman–Crippen LogP) is 1.70. The molecule has 90 valence electrons. The monoisotopic (exact) mass is 222 g/mol. The zero-order chi connectivity index (χ0) is 12.0. The molecular weight excluding hydrogens is 200 g/mol. The van der Waals surface area contributed by atoms with Gasteiger partial charge in [-0.15, -0.1) is 0 Å². The van der Waals surface area contributed by atoms with Crippen LogP contribution in [-0.2, 0) is 4.79 Å². The van der Waals surface area contributed by atoms with Gasteiger partial charge in [-0.1, -0.05) is 18.2 Å². The van der Waals surface area contributed by atoms with Crippen molar-refractivity contribution < 1.29 is 4.79 Å². The van der Waals surface area contributed by atoms with Crippen LogP contribution >= 0.6 is 0 Å². The standard InChI is InChI=1S/C13H22N2O/c1-3-4-5-8-13(16)15-9-6-7-12(10-15)11(2)14/h3-5,8,11-12H,6-7,9-10,14H2,1-2H3. The van der Waals surface area contributed by atoms with E-state index in [1.54, 1.807) is 12.2 Å². The summed E-state index contributed by atoms with van der Waals surface area (Å²) in [6, 6.07) is 0.176. The molecule has 1 aliphatic heterocycles. The highest BCUT2D eigenvalue weighted by Gasteiger charge is 2.24. The Bertz CT molecular complexity index is 282. The van der Waals surface area contributed by atoms with Gasteiger partial charge in [-0.2, -0.15) is 0 Å². The summed E-state index contributed by atoms with van der Waals surface area (Å²) in [6.07, 6.45) is 9.40. The fraction of sp³-hybridized carbons (Fsp3) is 0.615. The summed E-state index contributed by atoms with van der Waals surface area (Å²) in [5, 5.41) is 0. The molecule has 0 radical (unpaired) electrons. The summed E-state index contributed by atoms with van der Waals surface area (Å²) >= 11 is 0. The molecule has 2 atom stereocenters. The molecule has 0 bridgehead atoms. The number of nitrogens with zero attached hydrogens (tertiary/aromatic N) is 1. The molecule has 0 aliphatic carbocycles. The molecule has 1 heterocycles. The van der Waals surface area contributed by atoms with Gasteiger partial charge >= 0.3 is 0 Å². The lowest BCUT2D eigenvalue weighted by atomic mass is 9.92. The van der Waals surface area contributed by atoms with Gasteiger partial charge in [0.2, 0.25) is 5.91 Å². The molecule has 1 saturated heterocycles. The maximum atomic E-state index is 11.8. The van der Waals surface area contributed by atoms with Gasteiger partial charge < -0.3 is 10.6 Å². The van der Waals surface area contributed by atoms with Gasteiger partial charge in [0.1, 0.15) is 0 Å². The van der Waals surface area contributed by atoms with E-state index in [9.17, 15) is 4.79 Å². The van der Waals surface area contributed by atoms with E-state index in [0.29, 0.717) is 5.92 Å². The van der Waals surface area contributed by atoms with Crippen LogP contribution in [0.4, 0.5) is 0 Å². The van der Waals surface area contributed by atoms with Gasteiger partial charge in [0.05, 0.1) is 0 Å². The molecular formula is C13H22N2O. The first-order valence-corrected chi connectivity index (χ1v) is 5.99. The van der Waals surface area contributed by atoms with Crippen LogP contribution in [0.15, 0.2) is 24.3 Å². The molecule has 0 spiro atoms. The predicted molar refractivity (Wildman–Crippen MR) is 66.9 cm³/mol. The molecule has 2 N–H and O–H groups in total. The van der Waals surface area contributed by atoms with E-state index in [4.69, 9.17) is 5.73 Å². The van der Waals surface area contributed by atoms with Crippen molar-refractivity contribution in [3.63, 3.8) is 0 Å². The van der Waals surface area contributed by atoms with Crippen molar-refractivity contribution >= 4 is 5.91 Å². The Labute approximate surface area is 98.0 Å². The Morgan fingerprint density at radius 1 is 1.50 bits per heavy atom. The van der Waals surface area contributed by atoms with Crippen LogP contribution in [0.1, 0.15) is 26.7 Å². The number of hydrogen-bond donors (Lipinski definition) is 1. The summed E-state index contributed by atoms with van der Waals surface area (Å²) < 4.78 is 0. The Morgan fingerprint density at radius 3 is 2.88 bits per heavy atom. The zero-order valence-electron chi connectivity index (χ0n) is 10.2. The minimum atomic E-state index is 0.100. The molecule has 1 aliphatic rings. The average molecular weight is 222 g/mol. The third-order valence-electron chi connectivity index (χ3n) is 3.06. The Balaban J connectivity index is 2.50. The van der Waals surface area contributed by atoms with E-state index >= 15 is 0 Å². The highest BCUT2D eigenvalue weighted by molar-refractivity contribution is 5.87. The molecule has 0 aromatic heterocycles. The first-order chi connectivity index (χ1) is 7.65. The van der Waals surface area contributed by atoms with Gasteiger partial charge in [-0.3, -0.25) is 4.79 Å². The van der Waals surface area contributed by atoms with E-state index in [2.05, 4.69) is 0 Å². The molecule has 0 aromatic carbocycles. The smallest absolute Gasteiger partial charge is 0.246 e. The number of likely N-dealkylation sites (tertiary alicyclic amines) is 1. The van der Waals surface area contributed by atoms with Crippen LogP contribution in [0.25, 0.3) is 0 Å². The molecule has 1 rings (SSSR count). The van der Waals surface area contributed by atoms with Crippen molar-refractivity contribution in [3.8, 4) is 0 Å². The van der Waals surface area contributed by atoms with Crippen molar-refractivity contribution in [2.45, 2.75) is 32.7 Å². The highest BCUT2D eigenvalue weighted by atomic mass is 16.2. The number of rotatable bonds is 3. The van der Waals surface area contributed by atoms with Crippen molar-refractivity contribution in [1.82, 2.24) is 4.90 Å². The topological polar surface area (TPSA) is 46.3 Å². The lowest BCUT2D eigenvalue weighted by molar-refractivity contribution is -0.127. The van der Waals surface area contributed by atoms with Crippen molar-refractivity contribution in [2.75, 3.05) is 13.1 Å². The van der Waals surface area contributed by atoms with Crippen LogP contribution in [0.5, 0.6) is 0 Å². The van der Waals surface area contributed by atoms with E-state index < -0.39 is 0 Å². The number of hydrogen-bond acceptors (Lipinski definition) is 2. The summed E-state index contributed by atoms with van der Waals surface area (Å²) in [4.78, 5) is 13.7. The summed E-state index contributed by atoms with van der Waals surface area (Å²) in [5.74, 6) is 0.552. The SMILES string of the molecule is CC=CC=CC(=O)N1CCCC(C(C)N)C1. The third-order valence-corrected chi connectivity index (χ3v) is 3.06. The van der Waals surface area contributed by atoms with Gasteiger partial charge in [-0.05, 0) is 32.6 Å². The molecule has 3 heteroatoms. The van der Waals surface area contributed by atoms with Gasteiger partial charge in [0.25, 0.3) is 0 Å². The maximum Gasteiger partial charge on any atom is 0.246 e. The number of amides is 1. The van der Waals surface area contributed by atoms with Crippen molar-refractivity contribution in [2.24, 2.45) is 11.7 Å². The van der Waals surface area contributed by atoms with Crippen LogP contribution in [0.2, 0.25) is 0 Å². The normalized spacial score (nSPS) is 24.2. The van der Waals surface area contributed by atoms with Crippen molar-refractivity contribution in [1.29, 1.82) is 0 Å². The zero-order valence-corrected chi connectivity index (χ0v) is 10.2. The van der Waals surface area contributed by atoms with E-state index in [1.807, 2.05) is 30.9 Å². The summed E-state index contributed by atoms with van der Waals surface area (Å²) in [7, 11) is 0. The largest absolute Gasteiger partial charge is 0.339 e. The number of piperidine rings is 1. The lowest BCUT2D eigenvalue weighted by Crippen LogP contribution is -2.44. The molecule has 1 amide bonds. The van der Waals surface area contributed by atoms with Crippen LogP contribution < -0.4 is 5.73 Å². The van der Waals surface area contributed by atoms with Gasteiger partial charge in [0, 0.05) is 25.2 Å². The first kappa shape index (κ1) is 13.0. The molecule has 3 nitrogen and oxygen atoms in total. The molecule has 16 heavy (non-hydrogen) atoms. The fourth-order valence-electron chi connectivity index (χ4n) is 1.99. The Kier molecular flexibility index (Phi) is 5.26. The van der Waals surface area contributed by atoms with Gasteiger partial charge in [0.15, 0.2) is 0 Å². The summed E-state index contributed by atoms with van der Waals surface area (Å²) in [5.41, 5.74) is 5.88. The van der Waals surface area contributed by atoms with Gasteiger partial charge in [-0.25, -0.2) is 0 Å². The van der Waals surface area contributed by atoms with Crippen LogP contribution in [0.3, 0.4) is 0 Å². The number of carbonyl (C=O) groups is 1. The maximum absolute atomic E-state index is 11.8. The van der Waals surface area contributed by atoms with Crippen molar-refractivity contribution in [3.05, 3.63) is 24.3 Å². The second kappa shape index (κ2) is 6.48. The fourth-order valence-corrected chi connectivity index (χ4v) is 1.99. The van der Waals surface area contributed by atoms with E-state index in [0.717, 1.165) is 25.9 Å². The first-order valence-electron chi connectivity index (χ1n) is 5.99. The molecule has 2 unspecified atom stereocenters. The second-order valence-electron chi connectivity index (χ2n) is 4.43. The lowest BCUT2D eigenvalue weighted by Gasteiger charge is -2.34.